The first-order chi connectivity index (χ1) is 24.3. The van der Waals surface area contributed by atoms with Crippen LogP contribution in [0.2, 0.25) is 18.1 Å². The molecule has 2 aromatic carbocycles. The highest BCUT2D eigenvalue weighted by Gasteiger charge is 2.44. The molecule has 2 saturated heterocycles. The largest absolute Gasteiger partial charge is 0.465 e. The van der Waals surface area contributed by atoms with E-state index in [1.807, 2.05) is 6.07 Å². The van der Waals surface area contributed by atoms with Crippen LogP contribution >= 0.6 is 0 Å². The summed E-state index contributed by atoms with van der Waals surface area (Å²) in [6, 6.07) is 16.4. The summed E-state index contributed by atoms with van der Waals surface area (Å²) >= 11 is 0. The lowest BCUT2D eigenvalue weighted by Gasteiger charge is -2.42. The highest BCUT2D eigenvalue weighted by molar-refractivity contribution is 6.74. The van der Waals surface area contributed by atoms with E-state index in [9.17, 15) is 20.0 Å². The molecule has 1 aromatic heterocycles. The number of piperazine rings is 1. The maximum atomic E-state index is 12.7. The molecule has 270 valence electrons. The Labute approximate surface area is 301 Å². The fourth-order valence-electron chi connectivity index (χ4n) is 7.26. The highest BCUT2D eigenvalue weighted by Crippen LogP contribution is 2.39. The molecule has 13 heteroatoms. The van der Waals surface area contributed by atoms with Crippen molar-refractivity contribution in [3.63, 3.8) is 0 Å². The quantitative estimate of drug-likeness (QED) is 0.213. The predicted octanol–water partition coefficient (Wildman–Crippen LogP) is 5.83. The van der Waals surface area contributed by atoms with Crippen molar-refractivity contribution in [2.75, 3.05) is 49.1 Å². The van der Waals surface area contributed by atoms with Crippen molar-refractivity contribution in [3.05, 3.63) is 66.4 Å². The van der Waals surface area contributed by atoms with Crippen LogP contribution in [0.15, 0.2) is 55.1 Å². The number of fused-ring (bicyclic) bond motifs is 2. The van der Waals surface area contributed by atoms with Gasteiger partial charge in [-0.3, -0.25) is 9.69 Å². The van der Waals surface area contributed by atoms with Crippen LogP contribution in [0.4, 0.5) is 16.3 Å². The van der Waals surface area contributed by atoms with Gasteiger partial charge in [-0.25, -0.2) is 4.79 Å². The van der Waals surface area contributed by atoms with Gasteiger partial charge in [-0.1, -0.05) is 63.7 Å². The van der Waals surface area contributed by atoms with E-state index >= 15 is 0 Å². The van der Waals surface area contributed by atoms with Gasteiger partial charge in [0.15, 0.2) is 8.32 Å². The number of benzene rings is 2. The smallest absolute Gasteiger partial charge is 0.407 e. The first-order valence-corrected chi connectivity index (χ1v) is 20.7. The number of aromatic nitrogens is 2. The summed E-state index contributed by atoms with van der Waals surface area (Å²) in [4.78, 5) is 42.5. The summed E-state index contributed by atoms with van der Waals surface area (Å²) in [7, 11) is -2.12. The molecule has 1 N–H and O–H groups in total. The first-order valence-electron chi connectivity index (χ1n) is 17.8. The third-order valence-electron chi connectivity index (χ3n) is 11.0. The number of carbonyl (C=O) groups is 2. The zero-order chi connectivity index (χ0) is 36.5. The van der Waals surface area contributed by atoms with E-state index in [-0.39, 0.29) is 42.1 Å². The van der Waals surface area contributed by atoms with Gasteiger partial charge in [0, 0.05) is 49.4 Å². The lowest BCUT2D eigenvalue weighted by atomic mass is 10.0. The van der Waals surface area contributed by atoms with Gasteiger partial charge in [-0.2, -0.15) is 15.2 Å². The maximum absolute atomic E-state index is 12.7. The van der Waals surface area contributed by atoms with Crippen molar-refractivity contribution in [1.29, 1.82) is 5.26 Å². The van der Waals surface area contributed by atoms with Crippen LogP contribution in [0.1, 0.15) is 44.9 Å². The molecule has 4 heterocycles. The van der Waals surface area contributed by atoms with Crippen LogP contribution in [0.5, 0.6) is 6.01 Å². The van der Waals surface area contributed by atoms with Gasteiger partial charge in [-0.15, -0.1) is 0 Å². The van der Waals surface area contributed by atoms with Gasteiger partial charge in [0.25, 0.3) is 0 Å². The number of anilines is 2. The number of rotatable bonds is 9. The molecule has 6 rings (SSSR count). The Morgan fingerprint density at radius 1 is 1.04 bits per heavy atom. The minimum absolute atomic E-state index is 0.000361. The van der Waals surface area contributed by atoms with Crippen molar-refractivity contribution in [3.8, 4) is 12.1 Å². The number of carbonyl (C=O) groups excluding carboxylic acids is 1. The molecule has 3 aliphatic rings. The molecule has 3 aliphatic heterocycles. The van der Waals surface area contributed by atoms with Crippen LogP contribution < -0.4 is 14.5 Å². The zero-order valence-electron chi connectivity index (χ0n) is 30.3. The van der Waals surface area contributed by atoms with E-state index in [2.05, 4.69) is 92.7 Å². The molecule has 0 saturated carbocycles. The predicted molar refractivity (Wildman–Crippen MR) is 200 cm³/mol. The second kappa shape index (κ2) is 14.5. The highest BCUT2D eigenvalue weighted by atomic mass is 28.4. The normalized spacial score (nSPS) is 21.0. The number of ether oxygens (including phenoxy) is 1. The van der Waals surface area contributed by atoms with Gasteiger partial charge in [0.05, 0.1) is 42.9 Å². The van der Waals surface area contributed by atoms with Gasteiger partial charge >= 0.3 is 12.1 Å². The van der Waals surface area contributed by atoms with Crippen molar-refractivity contribution >= 4 is 42.6 Å². The Balaban J connectivity index is 1.30. The molecular weight excluding hydrogens is 663 g/mol. The molecule has 0 spiro atoms. The van der Waals surface area contributed by atoms with Crippen LogP contribution in [-0.2, 0) is 22.2 Å². The van der Waals surface area contributed by atoms with Crippen molar-refractivity contribution < 1.29 is 23.9 Å². The van der Waals surface area contributed by atoms with Crippen molar-refractivity contribution in [2.24, 2.45) is 0 Å². The first kappa shape index (κ1) is 36.1. The molecule has 0 bridgehead atoms. The third-order valence-corrected chi connectivity index (χ3v) is 15.5. The van der Waals surface area contributed by atoms with Crippen LogP contribution in [-0.4, -0.2) is 103 Å². The molecule has 2 fully saturated rings. The van der Waals surface area contributed by atoms with E-state index in [4.69, 9.17) is 19.1 Å². The number of nitriles is 1. The van der Waals surface area contributed by atoms with E-state index in [1.54, 1.807) is 4.90 Å². The average Bonchev–Trinajstić information content (AvgIpc) is 3.51. The molecule has 51 heavy (non-hydrogen) atoms. The number of amides is 2. The van der Waals surface area contributed by atoms with Crippen LogP contribution in [0.25, 0.3) is 10.8 Å². The maximum Gasteiger partial charge on any atom is 0.407 e. The Hall–Kier alpha value is -4.67. The summed E-state index contributed by atoms with van der Waals surface area (Å²) in [6.07, 6.45) is 1.50. The standard InChI is InChI=1S/C38H49N7O5Si/c1-7-34(46)44-20-19-43(22-27(44)15-17-39)35-31-16-18-42(33-14-10-12-26-11-8-9-13-30(26)33)24-32(31)40-36(41-35)49-25-28-21-29(23-45(28)37(47)48)50-51(5,6)38(2,3)4/h7-14,27-29H,1,15-16,18-25H2,2-6H3,(H,47,48)/t27-,28+,29-/m1/s1. The summed E-state index contributed by atoms with van der Waals surface area (Å²) in [5, 5.41) is 22.1. The minimum Gasteiger partial charge on any atom is -0.465 e. The molecule has 0 unspecified atom stereocenters. The molecule has 12 nitrogen and oxygen atoms in total. The summed E-state index contributed by atoms with van der Waals surface area (Å²) in [5.74, 6) is 0.548. The number of carboxylic acid groups (broad SMARTS) is 1. The Morgan fingerprint density at radius 2 is 1.80 bits per heavy atom. The molecule has 0 radical (unpaired) electrons. The fraction of sp³-hybridized carbons (Fsp3) is 0.500. The molecule has 3 atom stereocenters. The third kappa shape index (κ3) is 7.53. The molecular formula is C38H49N7O5Si. The van der Waals surface area contributed by atoms with E-state index < -0.39 is 20.5 Å². The second-order valence-corrected chi connectivity index (χ2v) is 20.0. The fourth-order valence-corrected chi connectivity index (χ4v) is 8.61. The van der Waals surface area contributed by atoms with E-state index in [0.29, 0.717) is 45.6 Å². The number of nitrogens with zero attached hydrogens (tertiary/aromatic N) is 7. The lowest BCUT2D eigenvalue weighted by molar-refractivity contribution is -0.128. The van der Waals surface area contributed by atoms with Crippen molar-refractivity contribution in [2.45, 2.75) is 82.9 Å². The van der Waals surface area contributed by atoms with E-state index in [1.165, 1.54) is 21.7 Å². The summed E-state index contributed by atoms with van der Waals surface area (Å²) in [5.41, 5.74) is 2.99. The molecule has 3 aromatic rings. The van der Waals surface area contributed by atoms with Gasteiger partial charge in [0.2, 0.25) is 5.91 Å². The van der Waals surface area contributed by atoms with Crippen LogP contribution in [0, 0.1) is 11.3 Å². The topological polar surface area (TPSA) is 135 Å². The Bertz CT molecular complexity index is 1830. The van der Waals surface area contributed by atoms with Crippen molar-refractivity contribution in [1.82, 2.24) is 19.8 Å². The Kier molecular flexibility index (Phi) is 10.3. The summed E-state index contributed by atoms with van der Waals surface area (Å²) in [6.45, 7) is 17.6. The number of likely N-dealkylation sites (tertiary alicyclic amines) is 1. The number of hydrogen-bond acceptors (Lipinski definition) is 9. The monoisotopic (exact) mass is 711 g/mol. The van der Waals surface area contributed by atoms with Gasteiger partial charge in [0.1, 0.15) is 12.4 Å². The second-order valence-electron chi connectivity index (χ2n) is 15.3. The van der Waals surface area contributed by atoms with E-state index in [0.717, 1.165) is 29.3 Å². The molecule has 2 amide bonds. The average molecular weight is 712 g/mol. The Morgan fingerprint density at radius 3 is 2.53 bits per heavy atom. The zero-order valence-corrected chi connectivity index (χ0v) is 31.3. The number of hydrogen-bond donors (Lipinski definition) is 1. The summed E-state index contributed by atoms with van der Waals surface area (Å²) < 4.78 is 13.0. The van der Waals surface area contributed by atoms with Crippen LogP contribution in [0.3, 0.4) is 0 Å². The molecule has 0 aliphatic carbocycles. The minimum atomic E-state index is -2.12. The van der Waals surface area contributed by atoms with Gasteiger partial charge in [-0.05, 0) is 48.5 Å². The lowest BCUT2D eigenvalue weighted by Crippen LogP contribution is -2.55. The SMILES string of the molecule is C=CC(=O)N1CCN(c2nc(OC[C@@H]3C[C@@H](O[Si](C)(C)C(C)(C)C)CN3C(=O)O)nc3c2CCN(c2cccc4ccccc24)C3)C[C@H]1CC#N. The van der Waals surface area contributed by atoms with Gasteiger partial charge < -0.3 is 29.0 Å².